The van der Waals surface area contributed by atoms with Crippen molar-refractivity contribution >= 4 is 5.97 Å². The third-order valence-corrected chi connectivity index (χ3v) is 2.95. The summed E-state index contributed by atoms with van der Waals surface area (Å²) in [6.07, 6.45) is 3.12. The fraction of sp³-hybridized carbons (Fsp3) is 0.200. The third-order valence-electron chi connectivity index (χ3n) is 2.95. The highest BCUT2D eigenvalue weighted by Crippen LogP contribution is 2.41. The average Bonchev–Trinajstić information content (AvgIpc) is 3.17. The fourth-order valence-corrected chi connectivity index (χ4v) is 1.98. The van der Waals surface area contributed by atoms with Crippen molar-refractivity contribution in [1.82, 2.24) is 4.98 Å². The molecule has 0 spiro atoms. The first kappa shape index (κ1) is 13.4. The van der Waals surface area contributed by atoms with Crippen LogP contribution in [0.5, 0.6) is 0 Å². The van der Waals surface area contributed by atoms with Crippen molar-refractivity contribution in [2.75, 3.05) is 7.11 Å². The summed E-state index contributed by atoms with van der Waals surface area (Å²) >= 11 is 0. The van der Waals surface area contributed by atoms with E-state index >= 15 is 0 Å². The number of rotatable bonds is 3. The Labute approximate surface area is 120 Å². The molecule has 2 aromatic heterocycles. The Balaban J connectivity index is 1.90. The molecule has 2 aromatic rings. The molecule has 1 aliphatic heterocycles. The molecule has 3 heterocycles. The van der Waals surface area contributed by atoms with Gasteiger partial charge in [0.15, 0.2) is 6.10 Å². The van der Waals surface area contributed by atoms with Gasteiger partial charge in [0.2, 0.25) is 6.29 Å². The summed E-state index contributed by atoms with van der Waals surface area (Å²) in [7, 11) is 1.30. The molecule has 0 N–H and O–H groups in total. The van der Waals surface area contributed by atoms with Gasteiger partial charge in [-0.1, -0.05) is 6.07 Å². The summed E-state index contributed by atoms with van der Waals surface area (Å²) < 4.78 is 21.4. The number of hydrogen-bond donors (Lipinski definition) is 0. The number of ether oxygens (including phenoxy) is 3. The van der Waals surface area contributed by atoms with Crippen molar-refractivity contribution in [1.29, 1.82) is 0 Å². The van der Waals surface area contributed by atoms with Crippen LogP contribution in [0.2, 0.25) is 0 Å². The van der Waals surface area contributed by atoms with Crippen LogP contribution in [0.15, 0.2) is 59.0 Å². The number of furan rings is 1. The van der Waals surface area contributed by atoms with Gasteiger partial charge in [0.1, 0.15) is 17.2 Å². The molecular formula is C15H13NO5. The summed E-state index contributed by atoms with van der Waals surface area (Å²) in [6, 6.07) is 8.90. The first-order chi connectivity index (χ1) is 10.3. The van der Waals surface area contributed by atoms with Crippen LogP contribution in [-0.2, 0) is 19.0 Å². The molecule has 1 aliphatic rings. The Kier molecular flexibility index (Phi) is 3.70. The highest BCUT2D eigenvalue weighted by Gasteiger charge is 2.37. The molecule has 0 aliphatic carbocycles. The molecule has 2 atom stereocenters. The molecule has 108 valence electrons. The van der Waals surface area contributed by atoms with Crippen LogP contribution in [0.25, 0.3) is 0 Å². The molecule has 6 nitrogen and oxygen atoms in total. The zero-order valence-corrected chi connectivity index (χ0v) is 11.3. The average molecular weight is 287 g/mol. The van der Waals surface area contributed by atoms with Crippen molar-refractivity contribution in [3.05, 3.63) is 66.1 Å². The first-order valence-electron chi connectivity index (χ1n) is 6.34. The molecule has 1 fully saturated rings. The maximum atomic E-state index is 11.4. The molecule has 2 unspecified atom stereocenters. The van der Waals surface area contributed by atoms with Gasteiger partial charge in [0, 0.05) is 6.20 Å². The second kappa shape index (κ2) is 5.80. The summed E-state index contributed by atoms with van der Waals surface area (Å²) in [5, 5.41) is 0. The topological polar surface area (TPSA) is 70.8 Å². The van der Waals surface area contributed by atoms with Gasteiger partial charge in [-0.05, 0) is 24.3 Å². The van der Waals surface area contributed by atoms with E-state index in [-0.39, 0.29) is 0 Å². The SMILES string of the molecule is COC(=O)/C=C1\OC(c2ccccn2)OC1c1ccco1. The summed E-state index contributed by atoms with van der Waals surface area (Å²) in [5.41, 5.74) is 0.613. The summed E-state index contributed by atoms with van der Waals surface area (Å²) in [6.45, 7) is 0. The number of nitrogens with zero attached hydrogens (tertiary/aromatic N) is 1. The molecule has 0 bridgehead atoms. The van der Waals surface area contributed by atoms with Crippen molar-refractivity contribution in [2.45, 2.75) is 12.4 Å². The van der Waals surface area contributed by atoms with E-state index in [1.807, 2.05) is 6.07 Å². The van der Waals surface area contributed by atoms with E-state index in [1.165, 1.54) is 19.4 Å². The van der Waals surface area contributed by atoms with Crippen LogP contribution in [0.3, 0.4) is 0 Å². The van der Waals surface area contributed by atoms with E-state index in [0.717, 1.165) is 0 Å². The molecule has 0 aromatic carbocycles. The quantitative estimate of drug-likeness (QED) is 0.638. The molecule has 1 saturated heterocycles. The number of methoxy groups -OCH3 is 1. The Morgan fingerprint density at radius 1 is 1.33 bits per heavy atom. The van der Waals surface area contributed by atoms with Gasteiger partial charge in [-0.15, -0.1) is 0 Å². The van der Waals surface area contributed by atoms with Gasteiger partial charge >= 0.3 is 5.97 Å². The van der Waals surface area contributed by atoms with Crippen molar-refractivity contribution in [3.63, 3.8) is 0 Å². The Morgan fingerprint density at radius 3 is 2.90 bits per heavy atom. The standard InChI is InChI=1S/C15H13NO5/c1-18-13(17)9-12-14(11-6-4-8-19-11)21-15(20-12)10-5-2-3-7-16-10/h2-9,14-15H,1H3/b12-9-. The van der Waals surface area contributed by atoms with Crippen LogP contribution in [0.4, 0.5) is 0 Å². The lowest BCUT2D eigenvalue weighted by molar-refractivity contribution is -0.135. The normalized spacial score (nSPS) is 23.0. The van der Waals surface area contributed by atoms with Crippen LogP contribution < -0.4 is 0 Å². The molecule has 3 rings (SSSR count). The lowest BCUT2D eigenvalue weighted by atomic mass is 10.2. The van der Waals surface area contributed by atoms with Crippen molar-refractivity contribution in [3.8, 4) is 0 Å². The lowest BCUT2D eigenvalue weighted by Crippen LogP contribution is -2.02. The van der Waals surface area contributed by atoms with Gasteiger partial charge in [-0.2, -0.15) is 0 Å². The number of esters is 1. The summed E-state index contributed by atoms with van der Waals surface area (Å²) in [4.78, 5) is 15.6. The highest BCUT2D eigenvalue weighted by molar-refractivity contribution is 5.82. The lowest BCUT2D eigenvalue weighted by Gasteiger charge is -2.07. The van der Waals surface area contributed by atoms with Crippen LogP contribution in [-0.4, -0.2) is 18.1 Å². The van der Waals surface area contributed by atoms with Gasteiger partial charge in [0.25, 0.3) is 0 Å². The van der Waals surface area contributed by atoms with Gasteiger partial charge in [-0.3, -0.25) is 4.98 Å². The second-order valence-electron chi connectivity index (χ2n) is 4.31. The van der Waals surface area contributed by atoms with Gasteiger partial charge < -0.3 is 18.6 Å². The molecule has 0 amide bonds. The Bertz CT molecular complexity index is 635. The molecule has 6 heteroatoms. The molecule has 0 saturated carbocycles. The number of aromatic nitrogens is 1. The number of pyridine rings is 1. The maximum absolute atomic E-state index is 11.4. The van der Waals surface area contributed by atoms with E-state index < -0.39 is 18.4 Å². The monoisotopic (exact) mass is 287 g/mol. The minimum absolute atomic E-state index is 0.326. The van der Waals surface area contributed by atoms with Crippen LogP contribution >= 0.6 is 0 Å². The van der Waals surface area contributed by atoms with Crippen LogP contribution in [0.1, 0.15) is 23.8 Å². The molecule has 0 radical (unpaired) electrons. The number of carbonyl (C=O) groups excluding carboxylic acids is 1. The molecular weight excluding hydrogens is 274 g/mol. The van der Waals surface area contributed by atoms with Crippen molar-refractivity contribution < 1.29 is 23.4 Å². The number of hydrogen-bond acceptors (Lipinski definition) is 6. The van der Waals surface area contributed by atoms with E-state index in [0.29, 0.717) is 17.2 Å². The number of carbonyl (C=O) groups is 1. The van der Waals surface area contributed by atoms with E-state index in [9.17, 15) is 4.79 Å². The minimum atomic E-state index is -0.697. The predicted octanol–water partition coefficient (Wildman–Crippen LogP) is 2.52. The fourth-order valence-electron chi connectivity index (χ4n) is 1.98. The van der Waals surface area contributed by atoms with E-state index in [2.05, 4.69) is 9.72 Å². The zero-order valence-electron chi connectivity index (χ0n) is 11.3. The Hall–Kier alpha value is -2.60. The van der Waals surface area contributed by atoms with Crippen molar-refractivity contribution in [2.24, 2.45) is 0 Å². The first-order valence-corrected chi connectivity index (χ1v) is 6.34. The smallest absolute Gasteiger partial charge is 0.333 e. The second-order valence-corrected chi connectivity index (χ2v) is 4.31. The maximum Gasteiger partial charge on any atom is 0.333 e. The summed E-state index contributed by atoms with van der Waals surface area (Å²) in [5.74, 6) is 0.350. The van der Waals surface area contributed by atoms with Crippen LogP contribution in [0, 0.1) is 0 Å². The zero-order chi connectivity index (χ0) is 14.7. The van der Waals surface area contributed by atoms with Gasteiger partial charge in [0.05, 0.1) is 19.4 Å². The van der Waals surface area contributed by atoms with E-state index in [1.54, 1.807) is 30.5 Å². The highest BCUT2D eigenvalue weighted by atomic mass is 16.7. The largest absolute Gasteiger partial charge is 0.466 e. The van der Waals surface area contributed by atoms with Gasteiger partial charge in [-0.25, -0.2) is 4.79 Å². The third kappa shape index (κ3) is 2.80. The Morgan fingerprint density at radius 2 is 2.24 bits per heavy atom. The minimum Gasteiger partial charge on any atom is -0.466 e. The predicted molar refractivity (Wildman–Crippen MR) is 70.7 cm³/mol. The molecule has 21 heavy (non-hydrogen) atoms. The van der Waals surface area contributed by atoms with E-state index in [4.69, 9.17) is 13.9 Å².